The van der Waals surface area contributed by atoms with Crippen molar-refractivity contribution in [3.63, 3.8) is 0 Å². The lowest BCUT2D eigenvalue weighted by atomic mass is 10.1. The number of aliphatic hydroxyl groups excluding tert-OH is 1. The molecular weight excluding hydrogens is 309 g/mol. The molecule has 0 aliphatic heterocycles. The van der Waals surface area contributed by atoms with Gasteiger partial charge in [-0.3, -0.25) is 4.79 Å². The minimum atomic E-state index is -0.555. The zero-order valence-corrected chi connectivity index (χ0v) is 13.8. The number of hydrogen-bond acceptors (Lipinski definition) is 3. The first-order chi connectivity index (χ1) is 11.6. The number of aliphatic hydroxyl groups is 1. The molecule has 0 radical (unpaired) electrons. The Kier molecular flexibility index (Phi) is 4.94. The number of rotatable bonds is 6. The van der Waals surface area contributed by atoms with Crippen LogP contribution < -0.4 is 5.32 Å². The van der Waals surface area contributed by atoms with E-state index in [-0.39, 0.29) is 18.3 Å². The Morgan fingerprint density at radius 2 is 2.21 bits per heavy atom. The quantitative estimate of drug-likeness (QED) is 0.854. The summed E-state index contributed by atoms with van der Waals surface area (Å²) in [4.78, 5) is 12.5. The van der Waals surface area contributed by atoms with Gasteiger partial charge in [-0.1, -0.05) is 25.5 Å². The molecule has 5 nitrogen and oxygen atoms in total. The van der Waals surface area contributed by atoms with E-state index in [1.807, 2.05) is 6.92 Å². The predicted molar refractivity (Wildman–Crippen MR) is 88.8 cm³/mol. The molecule has 0 spiro atoms. The van der Waals surface area contributed by atoms with E-state index in [9.17, 15) is 14.3 Å². The summed E-state index contributed by atoms with van der Waals surface area (Å²) in [5.74, 6) is -0.668. The van der Waals surface area contributed by atoms with Gasteiger partial charge in [-0.2, -0.15) is 5.10 Å². The SMILES string of the molecule is CCCC(O)CNC(=O)c1nn(-c2ccccc2F)c2c1CCC2. The van der Waals surface area contributed by atoms with Crippen LogP contribution in [0.3, 0.4) is 0 Å². The van der Waals surface area contributed by atoms with Crippen molar-refractivity contribution in [1.29, 1.82) is 0 Å². The number of halogens is 1. The van der Waals surface area contributed by atoms with Crippen molar-refractivity contribution in [2.24, 2.45) is 0 Å². The minimum absolute atomic E-state index is 0.202. The third-order valence-corrected chi connectivity index (χ3v) is 4.35. The highest BCUT2D eigenvalue weighted by Gasteiger charge is 2.27. The third kappa shape index (κ3) is 3.19. The summed E-state index contributed by atoms with van der Waals surface area (Å²) in [6.45, 7) is 2.18. The second-order valence-electron chi connectivity index (χ2n) is 6.14. The Morgan fingerprint density at radius 3 is 2.96 bits per heavy atom. The maximum Gasteiger partial charge on any atom is 0.272 e. The molecule has 6 heteroatoms. The first kappa shape index (κ1) is 16.6. The largest absolute Gasteiger partial charge is 0.391 e. The maximum absolute atomic E-state index is 14.1. The topological polar surface area (TPSA) is 67.2 Å². The number of para-hydroxylation sites is 1. The van der Waals surface area contributed by atoms with Gasteiger partial charge in [-0.15, -0.1) is 0 Å². The van der Waals surface area contributed by atoms with E-state index in [4.69, 9.17) is 0 Å². The number of carbonyl (C=O) groups is 1. The molecule has 0 fully saturated rings. The highest BCUT2D eigenvalue weighted by atomic mass is 19.1. The van der Waals surface area contributed by atoms with Crippen molar-refractivity contribution in [2.45, 2.75) is 45.1 Å². The van der Waals surface area contributed by atoms with E-state index >= 15 is 0 Å². The van der Waals surface area contributed by atoms with E-state index in [0.717, 1.165) is 36.9 Å². The number of aromatic nitrogens is 2. The molecule has 1 aliphatic carbocycles. The third-order valence-electron chi connectivity index (χ3n) is 4.35. The van der Waals surface area contributed by atoms with Gasteiger partial charge in [0.05, 0.1) is 6.10 Å². The fraction of sp³-hybridized carbons (Fsp3) is 0.444. The molecule has 24 heavy (non-hydrogen) atoms. The maximum atomic E-state index is 14.1. The summed E-state index contributed by atoms with van der Waals surface area (Å²) in [7, 11) is 0. The molecule has 0 bridgehead atoms. The molecule has 0 saturated heterocycles. The summed E-state index contributed by atoms with van der Waals surface area (Å²) in [5, 5.41) is 16.9. The van der Waals surface area contributed by atoms with Crippen LogP contribution in [0.4, 0.5) is 4.39 Å². The van der Waals surface area contributed by atoms with Gasteiger partial charge in [0, 0.05) is 17.8 Å². The van der Waals surface area contributed by atoms with Crippen LogP contribution in [0.5, 0.6) is 0 Å². The van der Waals surface area contributed by atoms with E-state index in [2.05, 4.69) is 10.4 Å². The summed E-state index contributed by atoms with van der Waals surface area (Å²) in [5.41, 5.74) is 2.50. The normalized spacial score (nSPS) is 14.5. The highest BCUT2D eigenvalue weighted by Crippen LogP contribution is 2.28. The Labute approximate surface area is 140 Å². The average molecular weight is 331 g/mol. The molecule has 1 amide bonds. The van der Waals surface area contributed by atoms with Crippen LogP contribution in [0.1, 0.15) is 47.9 Å². The second kappa shape index (κ2) is 7.13. The van der Waals surface area contributed by atoms with Crippen molar-refractivity contribution in [2.75, 3.05) is 6.54 Å². The minimum Gasteiger partial charge on any atom is -0.391 e. The van der Waals surface area contributed by atoms with Crippen molar-refractivity contribution in [3.05, 3.63) is 47.0 Å². The van der Waals surface area contributed by atoms with E-state index in [1.165, 1.54) is 6.07 Å². The van der Waals surface area contributed by atoms with Crippen LogP contribution in [0.25, 0.3) is 5.69 Å². The lowest BCUT2D eigenvalue weighted by Gasteiger charge is -2.10. The van der Waals surface area contributed by atoms with E-state index in [1.54, 1.807) is 22.9 Å². The molecule has 1 heterocycles. The van der Waals surface area contributed by atoms with Gasteiger partial charge in [0.1, 0.15) is 11.5 Å². The van der Waals surface area contributed by atoms with Gasteiger partial charge >= 0.3 is 0 Å². The average Bonchev–Trinajstić information content (AvgIpc) is 3.16. The zero-order chi connectivity index (χ0) is 17.1. The van der Waals surface area contributed by atoms with Gasteiger partial charge in [-0.25, -0.2) is 9.07 Å². The smallest absolute Gasteiger partial charge is 0.272 e. The first-order valence-electron chi connectivity index (χ1n) is 8.43. The molecule has 1 aromatic carbocycles. The molecule has 2 N–H and O–H groups in total. The Balaban J connectivity index is 1.87. The summed E-state index contributed by atoms with van der Waals surface area (Å²) >= 11 is 0. The van der Waals surface area contributed by atoms with Gasteiger partial charge < -0.3 is 10.4 Å². The van der Waals surface area contributed by atoms with Crippen LogP contribution in [0, 0.1) is 5.82 Å². The Hall–Kier alpha value is -2.21. The molecule has 1 aliphatic rings. The molecule has 3 rings (SSSR count). The van der Waals surface area contributed by atoms with Gasteiger partial charge in [0.2, 0.25) is 0 Å². The second-order valence-corrected chi connectivity index (χ2v) is 6.14. The van der Waals surface area contributed by atoms with Crippen LogP contribution >= 0.6 is 0 Å². The number of carbonyl (C=O) groups excluding carboxylic acids is 1. The zero-order valence-electron chi connectivity index (χ0n) is 13.8. The summed E-state index contributed by atoms with van der Waals surface area (Å²) in [6, 6.07) is 6.43. The highest BCUT2D eigenvalue weighted by molar-refractivity contribution is 5.94. The first-order valence-corrected chi connectivity index (χ1v) is 8.43. The molecule has 1 unspecified atom stereocenters. The van der Waals surface area contributed by atoms with Gasteiger partial charge in [0.25, 0.3) is 5.91 Å². The molecule has 128 valence electrons. The Bertz CT molecular complexity index is 742. The molecule has 1 aromatic heterocycles. The van der Waals surface area contributed by atoms with Crippen molar-refractivity contribution in [3.8, 4) is 5.69 Å². The number of nitrogens with one attached hydrogen (secondary N) is 1. The van der Waals surface area contributed by atoms with E-state index < -0.39 is 6.10 Å². The molecule has 1 atom stereocenters. The fourth-order valence-corrected chi connectivity index (χ4v) is 3.17. The van der Waals surface area contributed by atoms with E-state index in [0.29, 0.717) is 17.8 Å². The van der Waals surface area contributed by atoms with Crippen LogP contribution in [-0.2, 0) is 12.8 Å². The number of nitrogens with zero attached hydrogens (tertiary/aromatic N) is 2. The lowest BCUT2D eigenvalue weighted by molar-refractivity contribution is 0.0904. The van der Waals surface area contributed by atoms with Crippen molar-refractivity contribution >= 4 is 5.91 Å². The Morgan fingerprint density at radius 1 is 1.42 bits per heavy atom. The number of fused-ring (bicyclic) bond motifs is 1. The number of hydrogen-bond donors (Lipinski definition) is 2. The fourth-order valence-electron chi connectivity index (χ4n) is 3.17. The predicted octanol–water partition coefficient (Wildman–Crippen LogP) is 2.39. The summed E-state index contributed by atoms with van der Waals surface area (Å²) < 4.78 is 15.6. The number of benzene rings is 1. The lowest BCUT2D eigenvalue weighted by Crippen LogP contribution is -2.32. The molecular formula is C18H22FN3O2. The molecule has 2 aromatic rings. The van der Waals surface area contributed by atoms with Crippen LogP contribution in [0.15, 0.2) is 24.3 Å². The van der Waals surface area contributed by atoms with Gasteiger partial charge in [-0.05, 0) is 37.8 Å². The van der Waals surface area contributed by atoms with Crippen LogP contribution in [0.2, 0.25) is 0 Å². The van der Waals surface area contributed by atoms with Crippen molar-refractivity contribution < 1.29 is 14.3 Å². The number of amides is 1. The van der Waals surface area contributed by atoms with Crippen LogP contribution in [-0.4, -0.2) is 33.4 Å². The monoisotopic (exact) mass is 331 g/mol. The van der Waals surface area contributed by atoms with Crippen molar-refractivity contribution in [1.82, 2.24) is 15.1 Å². The standard InChI is InChI=1S/C18H22FN3O2/c1-2-6-12(23)11-20-18(24)17-13-7-5-10-15(13)22(21-17)16-9-4-3-8-14(16)19/h3-4,8-9,12,23H,2,5-7,10-11H2,1H3,(H,20,24). The van der Waals surface area contributed by atoms with Gasteiger partial charge in [0.15, 0.2) is 5.69 Å². The summed E-state index contributed by atoms with van der Waals surface area (Å²) in [6.07, 6.45) is 3.42. The molecule has 0 saturated carbocycles.